The second-order valence-corrected chi connectivity index (χ2v) is 3.35. The van der Waals surface area contributed by atoms with E-state index >= 15 is 0 Å². The van der Waals surface area contributed by atoms with Gasteiger partial charge >= 0.3 is 0 Å². The van der Waals surface area contributed by atoms with E-state index in [4.69, 9.17) is 10.5 Å². The van der Waals surface area contributed by atoms with Crippen LogP contribution in [-0.4, -0.2) is 31.3 Å². The highest BCUT2D eigenvalue weighted by molar-refractivity contribution is 5.42. The molecular formula is C11H19N3O. The number of nitrogens with zero attached hydrogens (tertiary/aromatic N) is 1. The van der Waals surface area contributed by atoms with Crippen LogP contribution in [0, 0.1) is 6.92 Å². The number of hydrogen-bond acceptors (Lipinski definition) is 4. The van der Waals surface area contributed by atoms with E-state index in [0.717, 1.165) is 25.4 Å². The van der Waals surface area contributed by atoms with Crippen LogP contribution in [0.1, 0.15) is 12.0 Å². The lowest BCUT2D eigenvalue weighted by Gasteiger charge is -2.07. The Morgan fingerprint density at radius 3 is 3.07 bits per heavy atom. The molecule has 0 saturated heterocycles. The first-order chi connectivity index (χ1) is 7.34. The minimum atomic E-state index is 0.590. The lowest BCUT2D eigenvalue weighted by molar-refractivity contribution is 0.141. The molecule has 0 saturated carbocycles. The summed E-state index contributed by atoms with van der Waals surface area (Å²) < 4.78 is 5.27. The molecule has 1 aromatic rings. The first kappa shape index (κ1) is 11.9. The third-order valence-electron chi connectivity index (χ3n) is 2.03. The van der Waals surface area contributed by atoms with Crippen molar-refractivity contribution in [1.82, 2.24) is 4.98 Å². The summed E-state index contributed by atoms with van der Waals surface area (Å²) in [6.45, 7) is 4.90. The molecule has 0 aromatic carbocycles. The van der Waals surface area contributed by atoms with Gasteiger partial charge in [0.1, 0.15) is 5.82 Å². The Kier molecular flexibility index (Phi) is 5.73. The van der Waals surface area contributed by atoms with Gasteiger partial charge in [0.05, 0.1) is 6.61 Å². The fraction of sp³-hybridized carbons (Fsp3) is 0.545. The zero-order valence-electron chi connectivity index (χ0n) is 9.20. The minimum absolute atomic E-state index is 0.590. The van der Waals surface area contributed by atoms with E-state index in [0.29, 0.717) is 13.2 Å². The topological polar surface area (TPSA) is 60.2 Å². The van der Waals surface area contributed by atoms with Crippen molar-refractivity contribution in [3.8, 4) is 0 Å². The molecule has 1 aromatic heterocycles. The smallest absolute Gasteiger partial charge is 0.128 e. The molecule has 0 amide bonds. The van der Waals surface area contributed by atoms with Gasteiger partial charge in [0.25, 0.3) is 0 Å². The molecule has 0 aliphatic rings. The predicted octanol–water partition coefficient (Wildman–Crippen LogP) is 1.17. The van der Waals surface area contributed by atoms with E-state index in [-0.39, 0.29) is 0 Å². The Morgan fingerprint density at radius 1 is 1.47 bits per heavy atom. The molecular weight excluding hydrogens is 190 g/mol. The second-order valence-electron chi connectivity index (χ2n) is 3.35. The van der Waals surface area contributed by atoms with Crippen molar-refractivity contribution >= 4 is 5.82 Å². The number of anilines is 1. The Balaban J connectivity index is 2.12. The van der Waals surface area contributed by atoms with Gasteiger partial charge in [-0.15, -0.1) is 0 Å². The average Bonchev–Trinajstić information content (AvgIpc) is 2.25. The van der Waals surface area contributed by atoms with Crippen LogP contribution in [0.5, 0.6) is 0 Å². The maximum absolute atomic E-state index is 5.30. The van der Waals surface area contributed by atoms with Gasteiger partial charge in [-0.25, -0.2) is 4.98 Å². The van der Waals surface area contributed by atoms with Crippen LogP contribution in [0.4, 0.5) is 5.82 Å². The molecule has 15 heavy (non-hydrogen) atoms. The zero-order chi connectivity index (χ0) is 10.9. The number of rotatable bonds is 7. The number of aromatic nitrogens is 1. The van der Waals surface area contributed by atoms with Crippen molar-refractivity contribution in [2.75, 3.05) is 31.6 Å². The van der Waals surface area contributed by atoms with E-state index in [1.54, 1.807) is 6.20 Å². The Morgan fingerprint density at radius 2 is 2.33 bits per heavy atom. The number of hydrogen-bond donors (Lipinski definition) is 2. The van der Waals surface area contributed by atoms with Gasteiger partial charge in [0.15, 0.2) is 0 Å². The van der Waals surface area contributed by atoms with E-state index in [9.17, 15) is 0 Å². The second kappa shape index (κ2) is 7.20. The molecule has 0 bridgehead atoms. The third kappa shape index (κ3) is 4.76. The van der Waals surface area contributed by atoms with Gasteiger partial charge < -0.3 is 15.8 Å². The molecule has 0 fully saturated rings. The summed E-state index contributed by atoms with van der Waals surface area (Å²) in [5.41, 5.74) is 6.47. The molecule has 1 heterocycles. The van der Waals surface area contributed by atoms with Crippen molar-refractivity contribution in [2.24, 2.45) is 5.73 Å². The highest BCUT2D eigenvalue weighted by Gasteiger charge is 1.96. The number of aryl methyl sites for hydroxylation is 1. The number of nitrogens with two attached hydrogens (primary N) is 1. The maximum Gasteiger partial charge on any atom is 0.128 e. The molecule has 4 heteroatoms. The van der Waals surface area contributed by atoms with Crippen molar-refractivity contribution in [3.05, 3.63) is 23.9 Å². The lowest BCUT2D eigenvalue weighted by Crippen LogP contribution is -2.12. The van der Waals surface area contributed by atoms with E-state index in [1.807, 2.05) is 19.1 Å². The fourth-order valence-electron chi connectivity index (χ4n) is 1.24. The lowest BCUT2D eigenvalue weighted by atomic mass is 10.3. The van der Waals surface area contributed by atoms with E-state index < -0.39 is 0 Å². The predicted molar refractivity (Wildman–Crippen MR) is 62.0 cm³/mol. The molecule has 0 aliphatic carbocycles. The zero-order valence-corrected chi connectivity index (χ0v) is 9.20. The number of ether oxygens (including phenoxy) is 1. The summed E-state index contributed by atoms with van der Waals surface area (Å²) in [7, 11) is 0. The molecule has 4 nitrogen and oxygen atoms in total. The van der Waals surface area contributed by atoms with E-state index in [1.165, 1.54) is 5.56 Å². The van der Waals surface area contributed by atoms with Crippen LogP contribution >= 0.6 is 0 Å². The standard InChI is InChI=1S/C11H19N3O/c1-10-4-2-6-13-11(10)14-7-3-8-15-9-5-12/h2,4,6H,3,5,7-9,12H2,1H3,(H,13,14). The van der Waals surface area contributed by atoms with Crippen LogP contribution in [0.25, 0.3) is 0 Å². The summed E-state index contributed by atoms with van der Waals surface area (Å²) >= 11 is 0. The summed E-state index contributed by atoms with van der Waals surface area (Å²) in [5, 5.41) is 3.27. The van der Waals surface area contributed by atoms with Crippen molar-refractivity contribution in [1.29, 1.82) is 0 Å². The van der Waals surface area contributed by atoms with Gasteiger partial charge in [-0.2, -0.15) is 0 Å². The van der Waals surface area contributed by atoms with Gasteiger partial charge in [-0.3, -0.25) is 0 Å². The quantitative estimate of drug-likeness (QED) is 0.662. The Labute approximate surface area is 90.8 Å². The average molecular weight is 209 g/mol. The molecule has 0 spiro atoms. The molecule has 1 rings (SSSR count). The van der Waals surface area contributed by atoms with Crippen LogP contribution in [0.3, 0.4) is 0 Å². The van der Waals surface area contributed by atoms with Crippen LogP contribution in [0.15, 0.2) is 18.3 Å². The van der Waals surface area contributed by atoms with Crippen LogP contribution < -0.4 is 11.1 Å². The Hall–Kier alpha value is -1.13. The fourth-order valence-corrected chi connectivity index (χ4v) is 1.24. The highest BCUT2D eigenvalue weighted by atomic mass is 16.5. The largest absolute Gasteiger partial charge is 0.380 e. The van der Waals surface area contributed by atoms with E-state index in [2.05, 4.69) is 10.3 Å². The number of nitrogens with one attached hydrogen (secondary N) is 1. The van der Waals surface area contributed by atoms with Crippen molar-refractivity contribution in [3.63, 3.8) is 0 Å². The molecule has 0 radical (unpaired) electrons. The Bertz CT molecular complexity index is 278. The van der Waals surface area contributed by atoms with Gasteiger partial charge in [-0.1, -0.05) is 6.07 Å². The first-order valence-electron chi connectivity index (χ1n) is 5.28. The van der Waals surface area contributed by atoms with Crippen LogP contribution in [0.2, 0.25) is 0 Å². The van der Waals surface area contributed by atoms with Crippen molar-refractivity contribution < 1.29 is 4.74 Å². The van der Waals surface area contributed by atoms with Gasteiger partial charge in [-0.05, 0) is 25.0 Å². The van der Waals surface area contributed by atoms with Gasteiger partial charge in [0, 0.05) is 25.9 Å². The third-order valence-corrected chi connectivity index (χ3v) is 2.03. The summed E-state index contributed by atoms with van der Waals surface area (Å²) in [6.07, 6.45) is 2.76. The SMILES string of the molecule is Cc1cccnc1NCCCOCCN. The highest BCUT2D eigenvalue weighted by Crippen LogP contribution is 2.08. The van der Waals surface area contributed by atoms with Gasteiger partial charge in [0.2, 0.25) is 0 Å². The first-order valence-corrected chi connectivity index (χ1v) is 5.28. The summed E-state index contributed by atoms with van der Waals surface area (Å²) in [6, 6.07) is 3.98. The number of pyridine rings is 1. The van der Waals surface area contributed by atoms with Crippen molar-refractivity contribution in [2.45, 2.75) is 13.3 Å². The van der Waals surface area contributed by atoms with Crippen LogP contribution in [-0.2, 0) is 4.74 Å². The molecule has 3 N–H and O–H groups in total. The molecule has 0 atom stereocenters. The molecule has 0 unspecified atom stereocenters. The summed E-state index contributed by atoms with van der Waals surface area (Å²) in [4.78, 5) is 4.24. The maximum atomic E-state index is 5.30. The molecule has 0 aliphatic heterocycles. The minimum Gasteiger partial charge on any atom is -0.380 e. The normalized spacial score (nSPS) is 10.3. The summed E-state index contributed by atoms with van der Waals surface area (Å²) in [5.74, 6) is 0.955. The monoisotopic (exact) mass is 209 g/mol. The molecule has 84 valence electrons.